The third-order valence-electron chi connectivity index (χ3n) is 2.51. The molecule has 2 rings (SSSR count). The highest BCUT2D eigenvalue weighted by molar-refractivity contribution is 5.78. The number of benzene rings is 1. The highest BCUT2D eigenvalue weighted by Crippen LogP contribution is 2.35. The van der Waals surface area contributed by atoms with Gasteiger partial charge in [-0.05, 0) is 5.56 Å². The average Bonchev–Trinajstić information content (AvgIpc) is 2.61. The summed E-state index contributed by atoms with van der Waals surface area (Å²) >= 11 is 0. The van der Waals surface area contributed by atoms with E-state index in [4.69, 9.17) is 9.47 Å². The molecule has 3 heteroatoms. The maximum absolute atomic E-state index is 11.7. The molecule has 1 saturated heterocycles. The molecule has 0 unspecified atom stereocenters. The van der Waals surface area contributed by atoms with E-state index in [1.165, 1.54) is 0 Å². The van der Waals surface area contributed by atoms with Gasteiger partial charge in [-0.3, -0.25) is 0 Å². The van der Waals surface area contributed by atoms with Crippen LogP contribution in [0.25, 0.3) is 0 Å². The highest BCUT2D eigenvalue weighted by Gasteiger charge is 2.42. The van der Waals surface area contributed by atoms with Crippen LogP contribution in [0.2, 0.25) is 0 Å². The minimum atomic E-state index is -0.578. The van der Waals surface area contributed by atoms with Crippen molar-refractivity contribution < 1.29 is 14.3 Å². The molecule has 0 spiro atoms. The van der Waals surface area contributed by atoms with E-state index in [9.17, 15) is 4.79 Å². The van der Waals surface area contributed by atoms with Crippen molar-refractivity contribution in [3.05, 3.63) is 35.9 Å². The second-order valence-corrected chi connectivity index (χ2v) is 5.06. The summed E-state index contributed by atoms with van der Waals surface area (Å²) in [7, 11) is 0. The van der Waals surface area contributed by atoms with E-state index in [2.05, 4.69) is 0 Å². The van der Waals surface area contributed by atoms with Crippen LogP contribution in [0, 0.1) is 5.41 Å². The summed E-state index contributed by atoms with van der Waals surface area (Å²) in [5.41, 5.74) is 0.651. The van der Waals surface area contributed by atoms with E-state index in [0.29, 0.717) is 0 Å². The van der Waals surface area contributed by atoms with Crippen molar-refractivity contribution >= 4 is 5.97 Å². The predicted octanol–water partition coefficient (Wildman–Crippen LogP) is 2.67. The Morgan fingerprint density at radius 3 is 2.25 bits per heavy atom. The molecule has 0 N–H and O–H groups in total. The molecular weight excluding hydrogens is 204 g/mol. The lowest BCUT2D eigenvalue weighted by molar-refractivity contribution is -0.154. The molecule has 1 aromatic carbocycles. The van der Waals surface area contributed by atoms with Crippen molar-refractivity contribution in [3.8, 4) is 0 Å². The molecule has 0 radical (unpaired) electrons. The van der Waals surface area contributed by atoms with Gasteiger partial charge in [-0.25, -0.2) is 4.79 Å². The van der Waals surface area contributed by atoms with Crippen LogP contribution in [0.1, 0.15) is 32.4 Å². The molecule has 1 heterocycles. The molecule has 1 aliphatic heterocycles. The first-order valence-corrected chi connectivity index (χ1v) is 5.39. The fourth-order valence-electron chi connectivity index (χ4n) is 1.60. The van der Waals surface area contributed by atoms with E-state index in [1.807, 2.05) is 51.1 Å². The number of carbonyl (C=O) groups is 1. The molecule has 0 aliphatic carbocycles. The first-order chi connectivity index (χ1) is 7.48. The van der Waals surface area contributed by atoms with Crippen LogP contribution in [-0.2, 0) is 14.3 Å². The number of rotatable bonds is 1. The second kappa shape index (κ2) is 3.91. The van der Waals surface area contributed by atoms with E-state index >= 15 is 0 Å². The first-order valence-electron chi connectivity index (χ1n) is 5.39. The van der Waals surface area contributed by atoms with Crippen LogP contribution < -0.4 is 0 Å². The van der Waals surface area contributed by atoms with Gasteiger partial charge in [-0.1, -0.05) is 51.1 Å². The first kappa shape index (κ1) is 11.1. The number of esters is 1. The Bertz CT molecular complexity index is 378. The monoisotopic (exact) mass is 220 g/mol. The average molecular weight is 220 g/mol. The van der Waals surface area contributed by atoms with Crippen molar-refractivity contribution in [2.24, 2.45) is 5.41 Å². The van der Waals surface area contributed by atoms with Crippen molar-refractivity contribution in [1.82, 2.24) is 0 Å². The van der Waals surface area contributed by atoms with Crippen LogP contribution in [0.5, 0.6) is 0 Å². The molecule has 0 aromatic heterocycles. The van der Waals surface area contributed by atoms with Gasteiger partial charge in [0.05, 0.1) is 0 Å². The Balaban J connectivity index is 2.18. The van der Waals surface area contributed by atoms with E-state index < -0.39 is 12.4 Å². The van der Waals surface area contributed by atoms with Gasteiger partial charge in [0.25, 0.3) is 0 Å². The second-order valence-electron chi connectivity index (χ2n) is 5.06. The third-order valence-corrected chi connectivity index (χ3v) is 2.51. The molecule has 0 saturated carbocycles. The smallest absolute Gasteiger partial charge is 0.342 e. The van der Waals surface area contributed by atoms with Crippen LogP contribution >= 0.6 is 0 Å². The van der Waals surface area contributed by atoms with Gasteiger partial charge in [0.15, 0.2) is 6.10 Å². The fourth-order valence-corrected chi connectivity index (χ4v) is 1.60. The topological polar surface area (TPSA) is 35.5 Å². The zero-order valence-electron chi connectivity index (χ0n) is 9.77. The number of hydrogen-bond donors (Lipinski definition) is 0. The van der Waals surface area contributed by atoms with Gasteiger partial charge in [-0.2, -0.15) is 0 Å². The maximum atomic E-state index is 11.7. The minimum absolute atomic E-state index is 0.195. The SMILES string of the molecule is CC(C)(C)[C@H]1OC(=O)[C@H](c2ccccc2)O1. The number of cyclic esters (lactones) is 1. The summed E-state index contributed by atoms with van der Waals surface area (Å²) in [6.07, 6.45) is -1.05. The molecular formula is C13H16O3. The molecule has 0 bridgehead atoms. The number of hydrogen-bond acceptors (Lipinski definition) is 3. The Morgan fingerprint density at radius 1 is 1.12 bits per heavy atom. The zero-order chi connectivity index (χ0) is 11.8. The maximum Gasteiger partial charge on any atom is 0.342 e. The van der Waals surface area contributed by atoms with Gasteiger partial charge in [-0.15, -0.1) is 0 Å². The predicted molar refractivity (Wildman–Crippen MR) is 59.6 cm³/mol. The Labute approximate surface area is 95.4 Å². The molecule has 2 atom stereocenters. The van der Waals surface area contributed by atoms with Crippen molar-refractivity contribution in [1.29, 1.82) is 0 Å². The van der Waals surface area contributed by atoms with Crippen molar-refractivity contribution in [3.63, 3.8) is 0 Å². The lowest BCUT2D eigenvalue weighted by Crippen LogP contribution is -2.27. The Morgan fingerprint density at radius 2 is 1.75 bits per heavy atom. The Kier molecular flexibility index (Phi) is 2.72. The summed E-state index contributed by atoms with van der Waals surface area (Å²) < 4.78 is 10.9. The molecule has 0 amide bonds. The number of ether oxygens (including phenoxy) is 2. The van der Waals surface area contributed by atoms with Gasteiger partial charge in [0, 0.05) is 5.41 Å². The summed E-state index contributed by atoms with van der Waals surface area (Å²) in [6, 6.07) is 9.42. The van der Waals surface area contributed by atoms with Crippen LogP contribution in [0.3, 0.4) is 0 Å². The van der Waals surface area contributed by atoms with Crippen LogP contribution in [-0.4, -0.2) is 12.3 Å². The largest absolute Gasteiger partial charge is 0.433 e. The lowest BCUT2D eigenvalue weighted by atomic mass is 9.96. The molecule has 3 nitrogen and oxygen atoms in total. The number of carbonyl (C=O) groups excluding carboxylic acids is 1. The highest BCUT2D eigenvalue weighted by atomic mass is 16.8. The standard InChI is InChI=1S/C13H16O3/c1-13(2,3)12-15-10(11(14)16-12)9-7-5-4-6-8-9/h4-8,10,12H,1-3H3/t10-,12+/m0/s1. The third kappa shape index (κ3) is 2.09. The van der Waals surface area contributed by atoms with Gasteiger partial charge < -0.3 is 9.47 Å². The fraction of sp³-hybridized carbons (Fsp3) is 0.462. The van der Waals surface area contributed by atoms with Gasteiger partial charge >= 0.3 is 5.97 Å². The van der Waals surface area contributed by atoms with Crippen LogP contribution in [0.15, 0.2) is 30.3 Å². The summed E-state index contributed by atoms with van der Waals surface area (Å²) in [5, 5.41) is 0. The minimum Gasteiger partial charge on any atom is -0.433 e. The molecule has 86 valence electrons. The summed E-state index contributed by atoms with van der Waals surface area (Å²) in [5.74, 6) is -0.300. The molecule has 16 heavy (non-hydrogen) atoms. The van der Waals surface area contributed by atoms with E-state index in [1.54, 1.807) is 0 Å². The van der Waals surface area contributed by atoms with Crippen molar-refractivity contribution in [2.75, 3.05) is 0 Å². The summed E-state index contributed by atoms with van der Waals surface area (Å²) in [6.45, 7) is 5.95. The van der Waals surface area contributed by atoms with Crippen LogP contribution in [0.4, 0.5) is 0 Å². The molecule has 1 aliphatic rings. The quantitative estimate of drug-likeness (QED) is 0.682. The van der Waals surface area contributed by atoms with E-state index in [0.717, 1.165) is 5.56 Å². The van der Waals surface area contributed by atoms with Gasteiger partial charge in [0.2, 0.25) is 6.29 Å². The Hall–Kier alpha value is -1.35. The van der Waals surface area contributed by atoms with E-state index in [-0.39, 0.29) is 11.4 Å². The zero-order valence-corrected chi connectivity index (χ0v) is 9.77. The van der Waals surface area contributed by atoms with Gasteiger partial charge in [0.1, 0.15) is 0 Å². The molecule has 1 fully saturated rings. The normalized spacial score (nSPS) is 25.6. The molecule has 1 aromatic rings. The summed E-state index contributed by atoms with van der Waals surface area (Å²) in [4.78, 5) is 11.7. The lowest BCUT2D eigenvalue weighted by Gasteiger charge is -2.24. The van der Waals surface area contributed by atoms with Crippen molar-refractivity contribution in [2.45, 2.75) is 33.2 Å².